The van der Waals surface area contributed by atoms with E-state index in [-0.39, 0.29) is 5.82 Å². The van der Waals surface area contributed by atoms with E-state index in [2.05, 4.69) is 9.83 Å². The molecule has 2 nitrogen and oxygen atoms in total. The van der Waals surface area contributed by atoms with E-state index in [1.54, 1.807) is 12.3 Å². The third-order valence-electron chi connectivity index (χ3n) is 2.59. The van der Waals surface area contributed by atoms with Gasteiger partial charge in [-0.05, 0) is 18.6 Å². The second kappa shape index (κ2) is 2.81. The normalized spacial score (nSPS) is 18.8. The highest BCUT2D eigenvalue weighted by atomic mass is 19.1. The lowest BCUT2D eigenvalue weighted by atomic mass is 9.74. The first kappa shape index (κ1) is 8.18. The molecule has 0 amide bonds. The van der Waals surface area contributed by atoms with Crippen molar-refractivity contribution < 1.29 is 4.39 Å². The number of aromatic nitrogens is 1. The smallest absolute Gasteiger partial charge is 0.276 e. The van der Waals surface area contributed by atoms with Crippen LogP contribution in [0, 0.1) is 12.4 Å². The van der Waals surface area contributed by atoms with E-state index < -0.39 is 5.54 Å². The summed E-state index contributed by atoms with van der Waals surface area (Å²) >= 11 is 0. The summed E-state index contributed by atoms with van der Waals surface area (Å²) in [6.07, 6.45) is 4.02. The molecule has 0 unspecified atom stereocenters. The van der Waals surface area contributed by atoms with E-state index in [9.17, 15) is 4.39 Å². The van der Waals surface area contributed by atoms with Crippen LogP contribution >= 0.6 is 0 Å². The zero-order valence-corrected chi connectivity index (χ0v) is 7.13. The van der Waals surface area contributed by atoms with Crippen molar-refractivity contribution in [2.24, 2.45) is 0 Å². The van der Waals surface area contributed by atoms with Crippen LogP contribution in [0.5, 0.6) is 0 Å². The maximum Gasteiger partial charge on any atom is 0.276 e. The Morgan fingerprint density at radius 2 is 2.31 bits per heavy atom. The van der Waals surface area contributed by atoms with Crippen LogP contribution in [0.1, 0.15) is 25.0 Å². The minimum Gasteiger partial charge on any atom is -0.303 e. The van der Waals surface area contributed by atoms with Crippen molar-refractivity contribution in [1.82, 2.24) is 4.98 Å². The van der Waals surface area contributed by atoms with E-state index in [0.717, 1.165) is 19.3 Å². The fourth-order valence-corrected chi connectivity index (χ4v) is 1.64. The third-order valence-corrected chi connectivity index (χ3v) is 2.59. The topological polar surface area (TPSA) is 17.2 Å². The van der Waals surface area contributed by atoms with Gasteiger partial charge in [-0.3, -0.25) is 0 Å². The first-order valence-corrected chi connectivity index (χ1v) is 4.28. The Morgan fingerprint density at radius 1 is 1.54 bits per heavy atom. The van der Waals surface area contributed by atoms with Gasteiger partial charge in [0.05, 0.1) is 0 Å². The standard InChI is InChI=1S/C10H9FN2/c1-12-10(5-3-6-10)9-8(11)4-2-7-13-9/h2,4,7H,3,5-6H2. The van der Waals surface area contributed by atoms with Crippen LogP contribution in [0.15, 0.2) is 18.3 Å². The summed E-state index contributed by atoms with van der Waals surface area (Å²) in [5.74, 6) is -0.349. The van der Waals surface area contributed by atoms with E-state index in [4.69, 9.17) is 6.57 Å². The zero-order valence-electron chi connectivity index (χ0n) is 7.13. The molecule has 13 heavy (non-hydrogen) atoms. The summed E-state index contributed by atoms with van der Waals surface area (Å²) in [5.41, 5.74) is -0.318. The van der Waals surface area contributed by atoms with Crippen LogP contribution < -0.4 is 0 Å². The Hall–Kier alpha value is -1.43. The SMILES string of the molecule is [C-]#[N+]C1(c2ncccc2F)CCC1. The number of hydrogen-bond acceptors (Lipinski definition) is 1. The third kappa shape index (κ3) is 1.10. The lowest BCUT2D eigenvalue weighted by molar-refractivity contribution is 0.291. The van der Waals surface area contributed by atoms with Crippen LogP contribution in [0.25, 0.3) is 4.85 Å². The molecule has 0 aromatic carbocycles. The Morgan fingerprint density at radius 3 is 2.77 bits per heavy atom. The van der Waals surface area contributed by atoms with Gasteiger partial charge in [0.1, 0.15) is 0 Å². The monoisotopic (exact) mass is 176 g/mol. The Labute approximate surface area is 76.2 Å². The Bertz CT molecular complexity index is 363. The number of halogens is 1. The Kier molecular flexibility index (Phi) is 1.77. The molecule has 1 heterocycles. The predicted octanol–water partition coefficient (Wildman–Crippen LogP) is 2.52. The van der Waals surface area contributed by atoms with Crippen molar-refractivity contribution in [2.75, 3.05) is 0 Å². The van der Waals surface area contributed by atoms with Gasteiger partial charge >= 0.3 is 0 Å². The number of rotatable bonds is 1. The summed E-state index contributed by atoms with van der Waals surface area (Å²) in [4.78, 5) is 7.46. The summed E-state index contributed by atoms with van der Waals surface area (Å²) < 4.78 is 13.3. The molecule has 0 radical (unpaired) electrons. The molecule has 1 aromatic rings. The van der Waals surface area contributed by atoms with Gasteiger partial charge in [-0.25, -0.2) is 15.9 Å². The average Bonchev–Trinajstić information content (AvgIpc) is 2.07. The molecular weight excluding hydrogens is 167 g/mol. The van der Waals surface area contributed by atoms with Crippen LogP contribution in [0.4, 0.5) is 4.39 Å². The molecule has 2 rings (SSSR count). The summed E-state index contributed by atoms with van der Waals surface area (Å²) in [7, 11) is 0. The molecule has 0 bridgehead atoms. The van der Waals surface area contributed by atoms with Crippen molar-refractivity contribution in [3.63, 3.8) is 0 Å². The maximum atomic E-state index is 13.3. The van der Waals surface area contributed by atoms with Gasteiger partial charge in [-0.15, -0.1) is 0 Å². The highest BCUT2D eigenvalue weighted by molar-refractivity contribution is 5.25. The van der Waals surface area contributed by atoms with E-state index >= 15 is 0 Å². The molecule has 66 valence electrons. The van der Waals surface area contributed by atoms with E-state index in [1.807, 2.05) is 0 Å². The molecule has 1 aliphatic carbocycles. The fraction of sp³-hybridized carbons (Fsp3) is 0.400. The fourth-order valence-electron chi connectivity index (χ4n) is 1.64. The molecule has 3 heteroatoms. The highest BCUT2D eigenvalue weighted by Gasteiger charge is 2.48. The molecule has 0 spiro atoms. The molecule has 1 aliphatic rings. The lowest BCUT2D eigenvalue weighted by Gasteiger charge is -2.29. The molecule has 1 fully saturated rings. The van der Waals surface area contributed by atoms with Gasteiger partial charge in [0.25, 0.3) is 5.54 Å². The van der Waals surface area contributed by atoms with Crippen molar-refractivity contribution in [3.05, 3.63) is 41.3 Å². The van der Waals surface area contributed by atoms with E-state index in [0.29, 0.717) is 5.69 Å². The van der Waals surface area contributed by atoms with E-state index in [1.165, 1.54) is 6.07 Å². The number of pyridine rings is 1. The van der Waals surface area contributed by atoms with Gasteiger partial charge in [-0.2, -0.15) is 0 Å². The maximum absolute atomic E-state index is 13.3. The summed E-state index contributed by atoms with van der Waals surface area (Å²) in [6.45, 7) is 7.06. The van der Waals surface area contributed by atoms with Gasteiger partial charge < -0.3 is 4.85 Å². The van der Waals surface area contributed by atoms with Gasteiger partial charge in [0.2, 0.25) is 0 Å². The molecular formula is C10H9FN2. The second-order valence-electron chi connectivity index (χ2n) is 3.33. The minimum atomic E-state index is -0.647. The quantitative estimate of drug-likeness (QED) is 0.601. The van der Waals surface area contributed by atoms with Crippen LogP contribution in [0.3, 0.4) is 0 Å². The zero-order chi connectivity index (χ0) is 9.31. The highest BCUT2D eigenvalue weighted by Crippen LogP contribution is 2.44. The van der Waals surface area contributed by atoms with Gasteiger partial charge in [0, 0.05) is 19.0 Å². The van der Waals surface area contributed by atoms with Crippen molar-refractivity contribution in [2.45, 2.75) is 24.8 Å². The first-order chi connectivity index (χ1) is 6.28. The summed E-state index contributed by atoms with van der Waals surface area (Å²) in [5, 5.41) is 0. The summed E-state index contributed by atoms with van der Waals surface area (Å²) in [6, 6.07) is 2.92. The van der Waals surface area contributed by atoms with Crippen LogP contribution in [-0.2, 0) is 5.54 Å². The molecule has 0 saturated heterocycles. The van der Waals surface area contributed by atoms with Crippen molar-refractivity contribution in [1.29, 1.82) is 0 Å². The Balaban J connectivity index is 2.46. The minimum absolute atomic E-state index is 0.330. The molecule has 0 atom stereocenters. The molecule has 0 N–H and O–H groups in total. The van der Waals surface area contributed by atoms with Crippen molar-refractivity contribution in [3.8, 4) is 0 Å². The molecule has 1 aromatic heterocycles. The predicted molar refractivity (Wildman–Crippen MR) is 46.3 cm³/mol. The first-order valence-electron chi connectivity index (χ1n) is 4.28. The second-order valence-corrected chi connectivity index (χ2v) is 3.33. The average molecular weight is 176 g/mol. The molecule has 1 saturated carbocycles. The largest absolute Gasteiger partial charge is 0.303 e. The van der Waals surface area contributed by atoms with Gasteiger partial charge in [0.15, 0.2) is 11.5 Å². The number of nitrogens with zero attached hydrogens (tertiary/aromatic N) is 2. The van der Waals surface area contributed by atoms with Crippen LogP contribution in [-0.4, -0.2) is 4.98 Å². The van der Waals surface area contributed by atoms with Crippen LogP contribution in [0.2, 0.25) is 0 Å². The lowest BCUT2D eigenvalue weighted by Crippen LogP contribution is -2.32. The van der Waals surface area contributed by atoms with Gasteiger partial charge in [-0.1, -0.05) is 0 Å². The van der Waals surface area contributed by atoms with Crippen molar-refractivity contribution >= 4 is 0 Å². The number of hydrogen-bond donors (Lipinski definition) is 0. The molecule has 0 aliphatic heterocycles.